The maximum Gasteiger partial charge on any atom is 0.102 e. The van der Waals surface area contributed by atoms with Crippen molar-refractivity contribution in [3.63, 3.8) is 0 Å². The van der Waals surface area contributed by atoms with E-state index in [0.29, 0.717) is 26.4 Å². The van der Waals surface area contributed by atoms with E-state index in [1.54, 1.807) is 0 Å². The Morgan fingerprint density at radius 1 is 0.371 bits per heavy atom. The Bertz CT molecular complexity index is 383. The van der Waals surface area contributed by atoms with Crippen molar-refractivity contribution in [1.29, 1.82) is 0 Å². The summed E-state index contributed by atoms with van der Waals surface area (Å²) in [5.74, 6) is 0. The third-order valence-electron chi connectivity index (χ3n) is 6.84. The van der Waals surface area contributed by atoms with Crippen LogP contribution in [0.2, 0.25) is 0 Å². The summed E-state index contributed by atoms with van der Waals surface area (Å²) < 4.78 is 17.9. The highest BCUT2D eigenvalue weighted by Crippen LogP contribution is 2.14. The summed E-state index contributed by atoms with van der Waals surface area (Å²) in [4.78, 5) is 0. The second-order valence-corrected chi connectivity index (χ2v) is 10.9. The zero-order chi connectivity index (χ0) is 25.0. The summed E-state index contributed by atoms with van der Waals surface area (Å²) in [6.45, 7) is 11.2. The molecule has 35 heavy (non-hydrogen) atoms. The molecule has 0 saturated heterocycles. The van der Waals surface area contributed by atoms with Gasteiger partial charge < -0.3 is 31.1 Å². The number of unbranched alkanes of at least 4 members (excludes halogenated alkanes) is 16. The van der Waals surface area contributed by atoms with Gasteiger partial charge in [-0.05, 0) is 19.3 Å². The molecule has 0 aromatic carbocycles. The van der Waals surface area contributed by atoms with E-state index in [-0.39, 0.29) is 12.4 Å². The van der Waals surface area contributed by atoms with Crippen molar-refractivity contribution in [2.45, 2.75) is 129 Å². The predicted molar refractivity (Wildman–Crippen MR) is 149 cm³/mol. The molecule has 0 aliphatic heterocycles. The van der Waals surface area contributed by atoms with E-state index in [2.05, 4.69) is 27.9 Å². The van der Waals surface area contributed by atoms with Gasteiger partial charge in [0.05, 0.1) is 53.7 Å². The fourth-order valence-electron chi connectivity index (χ4n) is 4.30. The molecular weight excluding hydrogens is 458 g/mol. The number of ether oxygens (including phenoxy) is 3. The molecule has 0 bridgehead atoms. The van der Waals surface area contributed by atoms with E-state index < -0.39 is 0 Å². The van der Waals surface area contributed by atoms with Gasteiger partial charge in [-0.1, -0.05) is 110 Å². The van der Waals surface area contributed by atoms with Crippen LogP contribution in [0.15, 0.2) is 0 Å². The molecule has 214 valence electrons. The van der Waals surface area contributed by atoms with Crippen LogP contribution in [0.25, 0.3) is 0 Å². The van der Waals surface area contributed by atoms with Gasteiger partial charge in [0, 0.05) is 6.61 Å². The van der Waals surface area contributed by atoms with Gasteiger partial charge in [-0.2, -0.15) is 0 Å². The van der Waals surface area contributed by atoms with Crippen molar-refractivity contribution >= 4 is 0 Å². The summed E-state index contributed by atoms with van der Waals surface area (Å²) >= 11 is 0. The van der Waals surface area contributed by atoms with Crippen molar-refractivity contribution in [1.82, 2.24) is 0 Å². The molecule has 0 radical (unpaired) electrons. The van der Waals surface area contributed by atoms with Crippen LogP contribution in [0.5, 0.6) is 0 Å². The quantitative estimate of drug-likeness (QED) is 0.100. The second kappa shape index (κ2) is 30.4. The molecule has 0 saturated carbocycles. The normalized spacial score (nSPS) is 11.7. The Labute approximate surface area is 227 Å². The number of nitrogens with zero attached hydrogens (tertiary/aromatic N) is 1. The first-order chi connectivity index (χ1) is 16.6. The molecule has 0 unspecified atom stereocenters. The summed E-state index contributed by atoms with van der Waals surface area (Å²) in [6.07, 6.45) is 25.3. The van der Waals surface area contributed by atoms with Gasteiger partial charge in [0.1, 0.15) is 6.54 Å². The molecule has 0 aromatic heterocycles. The molecular formula is C30H64ClNO3. The Morgan fingerprint density at radius 3 is 1.14 bits per heavy atom. The maximum atomic E-state index is 5.77. The van der Waals surface area contributed by atoms with Crippen LogP contribution >= 0.6 is 0 Å². The van der Waals surface area contributed by atoms with Crippen molar-refractivity contribution in [3.05, 3.63) is 0 Å². The number of hydrogen-bond acceptors (Lipinski definition) is 3. The van der Waals surface area contributed by atoms with Gasteiger partial charge in [-0.25, -0.2) is 0 Å². The van der Waals surface area contributed by atoms with E-state index in [4.69, 9.17) is 14.2 Å². The zero-order valence-corrected chi connectivity index (χ0v) is 25.2. The number of likely N-dealkylation sites (N-methyl/N-ethyl adjacent to an activating group) is 1. The SMILES string of the molecule is CCCCCCCCCCCCCCCCCC[N+](C)(C)CCOCCOCCOCCCC.[Cl-]. The monoisotopic (exact) mass is 521 g/mol. The first-order valence-corrected chi connectivity index (χ1v) is 15.2. The lowest BCUT2D eigenvalue weighted by Crippen LogP contribution is -3.00. The molecule has 0 atom stereocenters. The molecule has 5 heteroatoms. The van der Waals surface area contributed by atoms with Crippen molar-refractivity contribution < 1.29 is 31.1 Å². The van der Waals surface area contributed by atoms with Crippen LogP contribution in [0, 0.1) is 0 Å². The minimum absolute atomic E-state index is 0. The molecule has 0 rings (SSSR count). The largest absolute Gasteiger partial charge is 1.00 e. The van der Waals surface area contributed by atoms with Gasteiger partial charge in [0.15, 0.2) is 0 Å². The molecule has 0 amide bonds. The molecule has 0 heterocycles. The highest BCUT2D eigenvalue weighted by atomic mass is 35.5. The minimum Gasteiger partial charge on any atom is -1.00 e. The van der Waals surface area contributed by atoms with Crippen LogP contribution < -0.4 is 12.4 Å². The van der Waals surface area contributed by atoms with Crippen LogP contribution in [0.1, 0.15) is 129 Å². The van der Waals surface area contributed by atoms with Gasteiger partial charge >= 0.3 is 0 Å². The number of hydrogen-bond donors (Lipinski definition) is 0. The Hall–Kier alpha value is 0.130. The summed E-state index contributed by atoms with van der Waals surface area (Å²) in [7, 11) is 4.66. The summed E-state index contributed by atoms with van der Waals surface area (Å²) in [5, 5.41) is 0. The zero-order valence-electron chi connectivity index (χ0n) is 24.4. The number of rotatable bonds is 29. The standard InChI is InChI=1S/C30H64NO3.ClH/c1-5-7-9-10-11-12-13-14-15-16-17-18-19-20-21-22-23-31(3,4)24-26-33-28-30-34-29-27-32-25-8-6-2;/h5-30H2,1-4H3;1H/q+1;/p-1. The summed E-state index contributed by atoms with van der Waals surface area (Å²) in [5.41, 5.74) is 0. The first-order valence-electron chi connectivity index (χ1n) is 15.2. The molecule has 0 aromatic rings. The average molecular weight is 522 g/mol. The van der Waals surface area contributed by atoms with Crippen LogP contribution in [-0.2, 0) is 14.2 Å². The molecule has 0 aliphatic carbocycles. The van der Waals surface area contributed by atoms with Crippen molar-refractivity contribution in [3.8, 4) is 0 Å². The van der Waals surface area contributed by atoms with Gasteiger partial charge in [0.2, 0.25) is 0 Å². The average Bonchev–Trinajstić information content (AvgIpc) is 2.82. The lowest BCUT2D eigenvalue weighted by molar-refractivity contribution is -0.891. The van der Waals surface area contributed by atoms with E-state index in [1.807, 2.05) is 0 Å². The van der Waals surface area contributed by atoms with Crippen LogP contribution in [0.3, 0.4) is 0 Å². The predicted octanol–water partition coefficient (Wildman–Crippen LogP) is 5.18. The molecule has 0 N–H and O–H groups in total. The topological polar surface area (TPSA) is 27.7 Å². The molecule has 0 spiro atoms. The van der Waals surface area contributed by atoms with Gasteiger partial charge in [-0.15, -0.1) is 0 Å². The van der Waals surface area contributed by atoms with E-state index in [1.165, 1.54) is 116 Å². The fourth-order valence-corrected chi connectivity index (χ4v) is 4.30. The Morgan fingerprint density at radius 2 is 0.714 bits per heavy atom. The van der Waals surface area contributed by atoms with E-state index >= 15 is 0 Å². The van der Waals surface area contributed by atoms with E-state index in [0.717, 1.165) is 30.7 Å². The number of quaternary nitrogens is 1. The van der Waals surface area contributed by atoms with Crippen LogP contribution in [-0.4, -0.2) is 71.3 Å². The van der Waals surface area contributed by atoms with Crippen molar-refractivity contribution in [2.75, 3.05) is 66.8 Å². The maximum absolute atomic E-state index is 5.77. The van der Waals surface area contributed by atoms with Crippen LogP contribution in [0.4, 0.5) is 0 Å². The lowest BCUT2D eigenvalue weighted by Gasteiger charge is -2.29. The highest BCUT2D eigenvalue weighted by molar-refractivity contribution is 4.50. The van der Waals surface area contributed by atoms with Crippen molar-refractivity contribution in [2.24, 2.45) is 0 Å². The smallest absolute Gasteiger partial charge is 0.102 e. The molecule has 4 nitrogen and oxygen atoms in total. The summed E-state index contributed by atoms with van der Waals surface area (Å²) in [6, 6.07) is 0. The van der Waals surface area contributed by atoms with Gasteiger partial charge in [0.25, 0.3) is 0 Å². The highest BCUT2D eigenvalue weighted by Gasteiger charge is 2.13. The molecule has 0 fully saturated rings. The minimum atomic E-state index is 0. The number of halogens is 1. The Kier molecular flexibility index (Phi) is 32.3. The third kappa shape index (κ3) is 32.1. The second-order valence-electron chi connectivity index (χ2n) is 10.9. The van der Waals surface area contributed by atoms with Gasteiger partial charge in [-0.3, -0.25) is 0 Å². The molecule has 0 aliphatic rings. The lowest BCUT2D eigenvalue weighted by atomic mass is 10.0. The first kappa shape index (κ1) is 37.3. The Balaban J connectivity index is 0. The third-order valence-corrected chi connectivity index (χ3v) is 6.84. The fraction of sp³-hybridized carbons (Fsp3) is 1.00. The van der Waals surface area contributed by atoms with E-state index in [9.17, 15) is 0 Å².